The first-order valence-electron chi connectivity index (χ1n) is 9.96. The fourth-order valence-electron chi connectivity index (χ4n) is 4.40. The van der Waals surface area contributed by atoms with Crippen molar-refractivity contribution in [2.45, 2.75) is 58.6 Å². The molecule has 30 heavy (non-hydrogen) atoms. The van der Waals surface area contributed by atoms with Crippen LogP contribution in [-0.4, -0.2) is 44.4 Å². The van der Waals surface area contributed by atoms with Crippen LogP contribution < -0.4 is 0 Å². The number of hydrogen-bond acceptors (Lipinski definition) is 4. The van der Waals surface area contributed by atoms with E-state index in [9.17, 15) is 13.6 Å². The van der Waals surface area contributed by atoms with Gasteiger partial charge in [0.05, 0.1) is 10.5 Å². The largest absolute Gasteiger partial charge is 0.444 e. The van der Waals surface area contributed by atoms with Crippen molar-refractivity contribution < 1.29 is 18.3 Å². The summed E-state index contributed by atoms with van der Waals surface area (Å²) in [5, 5.41) is 4.56. The van der Waals surface area contributed by atoms with E-state index in [4.69, 9.17) is 4.74 Å². The Labute approximate surface area is 182 Å². The summed E-state index contributed by atoms with van der Waals surface area (Å²) in [6.45, 7) is 8.54. The molecule has 0 N–H and O–H groups in total. The molecule has 0 atom stereocenters. The molecule has 1 saturated carbocycles. The molecule has 2 aliphatic rings. The number of hydrogen-bond donors (Lipinski definition) is 0. The van der Waals surface area contributed by atoms with Crippen molar-refractivity contribution in [2.75, 3.05) is 13.1 Å². The van der Waals surface area contributed by atoms with Crippen molar-refractivity contribution in [1.29, 1.82) is 0 Å². The number of aryl methyl sites for hydroxylation is 1. The van der Waals surface area contributed by atoms with Gasteiger partial charge < -0.3 is 9.64 Å². The number of carbonyl (C=O) groups excluding carboxylic acids is 1. The minimum Gasteiger partial charge on any atom is -0.444 e. The zero-order chi connectivity index (χ0) is 21.8. The van der Waals surface area contributed by atoms with E-state index in [-0.39, 0.29) is 23.2 Å². The summed E-state index contributed by atoms with van der Waals surface area (Å²) in [5.41, 5.74) is 1.30. The van der Waals surface area contributed by atoms with Gasteiger partial charge in [0, 0.05) is 36.0 Å². The Balaban J connectivity index is 1.50. The van der Waals surface area contributed by atoms with Gasteiger partial charge in [-0.05, 0) is 68.6 Å². The molecule has 3 heterocycles. The number of alkyl halides is 2. The normalized spacial score (nSPS) is 18.5. The first kappa shape index (κ1) is 21.2. The van der Waals surface area contributed by atoms with Crippen LogP contribution in [0.1, 0.15) is 57.5 Å². The van der Waals surface area contributed by atoms with Crippen molar-refractivity contribution in [1.82, 2.24) is 19.7 Å². The maximum absolute atomic E-state index is 13.9. The van der Waals surface area contributed by atoms with Crippen molar-refractivity contribution in [2.24, 2.45) is 5.41 Å². The zero-order valence-electron chi connectivity index (χ0n) is 17.5. The standard InChI is InChI=1S/C21H25BrF2N4O2/c1-12-14(6-5-7-25-12)16-15(22)17(18(23)24)28(26-16)13-8-21(9-13)10-27(11-21)19(29)30-20(2,3)4/h5-7,13,18H,8-11H2,1-4H3. The average Bonchev–Trinajstić information content (AvgIpc) is 2.88. The fraction of sp³-hybridized carbons (Fsp3) is 0.571. The smallest absolute Gasteiger partial charge is 0.410 e. The summed E-state index contributed by atoms with van der Waals surface area (Å²) in [7, 11) is 0. The predicted molar refractivity (Wildman–Crippen MR) is 111 cm³/mol. The van der Waals surface area contributed by atoms with Gasteiger partial charge in [0.15, 0.2) is 0 Å². The van der Waals surface area contributed by atoms with Crippen molar-refractivity contribution in [3.8, 4) is 11.3 Å². The first-order chi connectivity index (χ1) is 14.0. The summed E-state index contributed by atoms with van der Waals surface area (Å²) < 4.78 is 34.9. The first-order valence-corrected chi connectivity index (χ1v) is 10.7. The lowest BCUT2D eigenvalue weighted by atomic mass is 9.61. The van der Waals surface area contributed by atoms with E-state index in [0.717, 1.165) is 11.3 Å². The molecule has 2 fully saturated rings. The summed E-state index contributed by atoms with van der Waals surface area (Å²) in [4.78, 5) is 18.1. The molecule has 0 aromatic carbocycles. The van der Waals surface area contributed by atoms with Crippen LogP contribution in [0.5, 0.6) is 0 Å². The quantitative estimate of drug-likeness (QED) is 0.577. The zero-order valence-corrected chi connectivity index (χ0v) is 19.0. The third kappa shape index (κ3) is 3.72. The van der Waals surface area contributed by atoms with E-state index >= 15 is 0 Å². The van der Waals surface area contributed by atoms with Gasteiger partial charge in [-0.1, -0.05) is 0 Å². The maximum atomic E-state index is 13.9. The number of aromatic nitrogens is 3. The summed E-state index contributed by atoms with van der Waals surface area (Å²) in [6.07, 6.45) is 0.132. The summed E-state index contributed by atoms with van der Waals surface area (Å²) in [5.74, 6) is 0. The monoisotopic (exact) mass is 482 g/mol. The minimum atomic E-state index is -2.64. The van der Waals surface area contributed by atoms with Crippen molar-refractivity contribution in [3.05, 3.63) is 34.2 Å². The van der Waals surface area contributed by atoms with Crippen LogP contribution >= 0.6 is 15.9 Å². The van der Waals surface area contributed by atoms with Gasteiger partial charge in [0.2, 0.25) is 0 Å². The highest BCUT2D eigenvalue weighted by Crippen LogP contribution is 2.55. The van der Waals surface area contributed by atoms with E-state index in [1.54, 1.807) is 17.2 Å². The third-order valence-electron chi connectivity index (χ3n) is 5.74. The van der Waals surface area contributed by atoms with Gasteiger partial charge in [0.1, 0.15) is 17.0 Å². The molecule has 4 rings (SSSR count). The molecule has 0 unspecified atom stereocenters. The van der Waals surface area contributed by atoms with Crippen LogP contribution in [-0.2, 0) is 4.74 Å². The highest BCUT2D eigenvalue weighted by molar-refractivity contribution is 9.10. The molecule has 1 amide bonds. The fourth-order valence-corrected chi connectivity index (χ4v) is 5.05. The molecule has 1 aliphatic carbocycles. The molecule has 162 valence electrons. The number of amides is 1. The minimum absolute atomic E-state index is 0.0240. The molecule has 0 radical (unpaired) electrons. The van der Waals surface area contributed by atoms with Gasteiger partial charge in [-0.15, -0.1) is 0 Å². The van der Waals surface area contributed by atoms with E-state index in [1.165, 1.54) is 4.68 Å². The molecular weight excluding hydrogens is 458 g/mol. The van der Waals surface area contributed by atoms with Crippen LogP contribution in [0.15, 0.2) is 22.8 Å². The van der Waals surface area contributed by atoms with Crippen molar-refractivity contribution >= 4 is 22.0 Å². The molecule has 1 saturated heterocycles. The Morgan fingerprint density at radius 3 is 2.57 bits per heavy atom. The van der Waals surface area contributed by atoms with Gasteiger partial charge in [-0.25, -0.2) is 13.6 Å². The Hall–Kier alpha value is -2.03. The van der Waals surface area contributed by atoms with E-state index in [1.807, 2.05) is 33.8 Å². The number of ether oxygens (including phenoxy) is 1. The number of carbonyl (C=O) groups is 1. The SMILES string of the molecule is Cc1ncccc1-c1nn(C2CC3(C2)CN(C(=O)OC(C)(C)C)C3)c(C(F)F)c1Br. The second-order valence-electron chi connectivity index (χ2n) is 9.33. The lowest BCUT2D eigenvalue weighted by Crippen LogP contribution is -2.64. The third-order valence-corrected chi connectivity index (χ3v) is 6.53. The van der Waals surface area contributed by atoms with Crippen LogP contribution in [0.3, 0.4) is 0 Å². The van der Waals surface area contributed by atoms with Crippen LogP contribution in [0.25, 0.3) is 11.3 Å². The molecule has 2 aromatic heterocycles. The maximum Gasteiger partial charge on any atom is 0.410 e. The predicted octanol–water partition coefficient (Wildman–Crippen LogP) is 5.53. The van der Waals surface area contributed by atoms with Crippen molar-refractivity contribution in [3.63, 3.8) is 0 Å². The molecule has 1 spiro atoms. The molecular formula is C21H25BrF2N4O2. The van der Waals surface area contributed by atoms with Gasteiger partial charge in [-0.2, -0.15) is 5.10 Å². The van der Waals surface area contributed by atoms with Crippen LogP contribution in [0.4, 0.5) is 13.6 Å². The van der Waals surface area contributed by atoms with Gasteiger partial charge in [-0.3, -0.25) is 9.67 Å². The van der Waals surface area contributed by atoms with Crippen LogP contribution in [0, 0.1) is 12.3 Å². The Kier molecular flexibility index (Phi) is 5.15. The van der Waals surface area contributed by atoms with E-state index in [2.05, 4.69) is 26.0 Å². The van der Waals surface area contributed by atoms with E-state index in [0.29, 0.717) is 36.1 Å². The molecule has 6 nitrogen and oxygen atoms in total. The molecule has 1 aliphatic heterocycles. The van der Waals surface area contributed by atoms with E-state index < -0.39 is 12.0 Å². The number of rotatable bonds is 3. The highest BCUT2D eigenvalue weighted by Gasteiger charge is 2.56. The summed E-state index contributed by atoms with van der Waals surface area (Å²) in [6, 6.07) is 3.49. The highest BCUT2D eigenvalue weighted by atomic mass is 79.9. The number of likely N-dealkylation sites (tertiary alicyclic amines) is 1. The lowest BCUT2D eigenvalue weighted by molar-refractivity contribution is -0.0942. The van der Waals surface area contributed by atoms with Gasteiger partial charge in [0.25, 0.3) is 6.43 Å². The number of pyridine rings is 1. The Bertz CT molecular complexity index is 972. The Morgan fingerprint density at radius 2 is 2.00 bits per heavy atom. The lowest BCUT2D eigenvalue weighted by Gasteiger charge is -2.58. The van der Waals surface area contributed by atoms with Gasteiger partial charge >= 0.3 is 6.09 Å². The number of halogens is 3. The average molecular weight is 483 g/mol. The number of nitrogens with zero attached hydrogens (tertiary/aromatic N) is 4. The molecule has 9 heteroatoms. The second kappa shape index (κ2) is 7.28. The topological polar surface area (TPSA) is 60.2 Å². The molecule has 2 aromatic rings. The Morgan fingerprint density at radius 1 is 1.33 bits per heavy atom. The van der Waals surface area contributed by atoms with Crippen LogP contribution in [0.2, 0.25) is 0 Å². The summed E-state index contributed by atoms with van der Waals surface area (Å²) >= 11 is 3.35. The second-order valence-corrected chi connectivity index (χ2v) is 10.1. The molecule has 0 bridgehead atoms.